The quantitative estimate of drug-likeness (QED) is 0.390. The van der Waals surface area contributed by atoms with Gasteiger partial charge in [0.2, 0.25) is 0 Å². The molecule has 2 aromatic carbocycles. The lowest BCUT2D eigenvalue weighted by atomic mass is 10.1. The highest BCUT2D eigenvalue weighted by atomic mass is 32.2. The van der Waals surface area contributed by atoms with Gasteiger partial charge in [-0.3, -0.25) is 10.0 Å². The van der Waals surface area contributed by atoms with Crippen LogP contribution in [0.4, 0.5) is 18.9 Å². The second-order valence-electron chi connectivity index (χ2n) is 6.67. The fraction of sp³-hybridized carbons (Fsp3) is 0.350. The van der Waals surface area contributed by atoms with Gasteiger partial charge in [0.05, 0.1) is 19.8 Å². The van der Waals surface area contributed by atoms with Gasteiger partial charge in [0.15, 0.2) is 11.5 Å². The van der Waals surface area contributed by atoms with Crippen molar-refractivity contribution in [3.05, 3.63) is 47.5 Å². The summed E-state index contributed by atoms with van der Waals surface area (Å²) in [5, 5.41) is 9.14. The van der Waals surface area contributed by atoms with Gasteiger partial charge in [0.25, 0.3) is 5.91 Å². The number of rotatable bonds is 6. The normalized spacial score (nSPS) is 15.0. The molecular weight excluding hydrogens is 435 g/mol. The van der Waals surface area contributed by atoms with E-state index in [1.165, 1.54) is 38.3 Å². The molecule has 1 amide bonds. The number of piperazine rings is 1. The first-order valence-corrected chi connectivity index (χ1v) is 10.1. The van der Waals surface area contributed by atoms with E-state index in [-0.39, 0.29) is 11.3 Å². The van der Waals surface area contributed by atoms with Crippen LogP contribution in [-0.4, -0.2) is 55.8 Å². The van der Waals surface area contributed by atoms with E-state index >= 15 is 0 Å². The number of alkyl halides is 3. The predicted molar refractivity (Wildman–Crippen MR) is 110 cm³/mol. The number of carbonyl (C=O) groups is 1. The fourth-order valence-corrected chi connectivity index (χ4v) is 4.32. The van der Waals surface area contributed by atoms with Gasteiger partial charge >= 0.3 is 6.18 Å². The second-order valence-corrected chi connectivity index (χ2v) is 7.81. The van der Waals surface area contributed by atoms with Crippen LogP contribution in [-0.2, 0) is 6.18 Å². The van der Waals surface area contributed by atoms with E-state index in [1.807, 2.05) is 9.21 Å². The highest BCUT2D eigenvalue weighted by molar-refractivity contribution is 7.97. The van der Waals surface area contributed by atoms with E-state index in [4.69, 9.17) is 14.7 Å². The maximum atomic E-state index is 12.8. The molecule has 1 heterocycles. The molecule has 0 saturated carbocycles. The third-order valence-electron chi connectivity index (χ3n) is 4.86. The molecule has 0 spiro atoms. The molecular formula is C20H22F3N3O4S. The van der Waals surface area contributed by atoms with Crippen LogP contribution in [0.5, 0.6) is 11.5 Å². The largest absolute Gasteiger partial charge is 0.493 e. The van der Waals surface area contributed by atoms with Crippen LogP contribution in [0.1, 0.15) is 15.9 Å². The number of methoxy groups -OCH3 is 2. The number of amides is 1. The highest BCUT2D eigenvalue weighted by Gasteiger charge is 2.30. The average molecular weight is 457 g/mol. The predicted octanol–water partition coefficient (Wildman–Crippen LogP) is 3.67. The molecule has 2 N–H and O–H groups in total. The van der Waals surface area contributed by atoms with Crippen molar-refractivity contribution in [2.75, 3.05) is 45.3 Å². The summed E-state index contributed by atoms with van der Waals surface area (Å²) >= 11 is 1.34. The van der Waals surface area contributed by atoms with E-state index in [0.29, 0.717) is 36.8 Å². The van der Waals surface area contributed by atoms with Crippen LogP contribution in [0.15, 0.2) is 41.3 Å². The minimum Gasteiger partial charge on any atom is -0.493 e. The molecule has 31 heavy (non-hydrogen) atoms. The minimum atomic E-state index is -4.36. The molecule has 1 aliphatic heterocycles. The molecule has 2 aromatic rings. The lowest BCUT2D eigenvalue weighted by molar-refractivity contribution is -0.137. The van der Waals surface area contributed by atoms with Crippen LogP contribution in [0.3, 0.4) is 0 Å². The van der Waals surface area contributed by atoms with Crippen molar-refractivity contribution in [1.29, 1.82) is 0 Å². The fourth-order valence-electron chi connectivity index (χ4n) is 3.29. The van der Waals surface area contributed by atoms with Crippen molar-refractivity contribution in [3.8, 4) is 11.5 Å². The number of halogens is 3. The number of carbonyl (C=O) groups excluding carboxylic acids is 1. The zero-order chi connectivity index (χ0) is 22.6. The van der Waals surface area contributed by atoms with E-state index in [1.54, 1.807) is 17.6 Å². The molecule has 11 heteroatoms. The summed E-state index contributed by atoms with van der Waals surface area (Å²) in [6.07, 6.45) is -4.36. The van der Waals surface area contributed by atoms with Crippen LogP contribution in [0.2, 0.25) is 0 Å². The Balaban J connectivity index is 1.70. The number of ether oxygens (including phenoxy) is 2. The molecule has 1 fully saturated rings. The first-order chi connectivity index (χ1) is 14.8. The maximum Gasteiger partial charge on any atom is 0.416 e. The number of hydrogen-bond acceptors (Lipinski definition) is 7. The van der Waals surface area contributed by atoms with Crippen LogP contribution in [0.25, 0.3) is 0 Å². The van der Waals surface area contributed by atoms with E-state index in [9.17, 15) is 18.0 Å². The van der Waals surface area contributed by atoms with Gasteiger partial charge in [0, 0.05) is 36.8 Å². The van der Waals surface area contributed by atoms with Gasteiger partial charge < -0.3 is 14.4 Å². The number of hydrogen-bond donors (Lipinski definition) is 2. The van der Waals surface area contributed by atoms with Crippen molar-refractivity contribution < 1.29 is 32.6 Å². The minimum absolute atomic E-state index is 0.152. The summed E-state index contributed by atoms with van der Waals surface area (Å²) < 4.78 is 50.8. The standard InChI is InChI=1S/C20H22F3N3O4S/c1-29-15-7-8-16(17(18(15)30-2)19(27)24-28)31-26-11-9-25(10-12-26)14-5-3-13(4-6-14)20(21,22)23/h3-8,28H,9-12H2,1-2H3,(H,24,27). The average Bonchev–Trinajstić information content (AvgIpc) is 2.78. The summed E-state index contributed by atoms with van der Waals surface area (Å²) in [5.41, 5.74) is 1.84. The molecule has 0 radical (unpaired) electrons. The van der Waals surface area contributed by atoms with Crippen molar-refractivity contribution in [2.24, 2.45) is 0 Å². The SMILES string of the molecule is COc1ccc(SN2CCN(c3ccc(C(F)(F)F)cc3)CC2)c(C(=O)NO)c1OC. The third kappa shape index (κ3) is 5.17. The highest BCUT2D eigenvalue weighted by Crippen LogP contribution is 2.39. The molecule has 1 saturated heterocycles. The molecule has 0 unspecified atom stereocenters. The van der Waals surface area contributed by atoms with Crippen molar-refractivity contribution >= 4 is 23.5 Å². The van der Waals surface area contributed by atoms with E-state index in [0.717, 1.165) is 17.8 Å². The van der Waals surface area contributed by atoms with Gasteiger partial charge in [-0.15, -0.1) is 0 Å². The number of hydroxylamine groups is 1. The Morgan fingerprint density at radius 2 is 1.68 bits per heavy atom. The monoisotopic (exact) mass is 457 g/mol. The first-order valence-electron chi connectivity index (χ1n) is 9.33. The van der Waals surface area contributed by atoms with Crippen molar-refractivity contribution in [3.63, 3.8) is 0 Å². The molecule has 168 valence electrons. The first kappa shape index (κ1) is 23.0. The Morgan fingerprint density at radius 3 is 2.19 bits per heavy atom. The number of nitrogens with zero attached hydrogens (tertiary/aromatic N) is 2. The van der Waals surface area contributed by atoms with Crippen molar-refractivity contribution in [1.82, 2.24) is 9.79 Å². The lowest BCUT2D eigenvalue weighted by Gasteiger charge is -2.35. The Bertz CT molecular complexity index is 917. The van der Waals surface area contributed by atoms with Crippen LogP contribution in [0, 0.1) is 0 Å². The summed E-state index contributed by atoms with van der Waals surface area (Å²) in [6.45, 7) is 2.43. The maximum absolute atomic E-state index is 12.8. The second kappa shape index (κ2) is 9.67. The van der Waals surface area contributed by atoms with Gasteiger partial charge in [-0.25, -0.2) is 9.79 Å². The molecule has 0 atom stereocenters. The molecule has 7 nitrogen and oxygen atoms in total. The summed E-state index contributed by atoms with van der Waals surface area (Å²) in [4.78, 5) is 14.8. The molecule has 0 aliphatic carbocycles. The topological polar surface area (TPSA) is 74.3 Å². The summed E-state index contributed by atoms with van der Waals surface area (Å²) in [5.74, 6) is -0.151. The third-order valence-corrected chi connectivity index (χ3v) is 6.02. The molecule has 0 bridgehead atoms. The van der Waals surface area contributed by atoms with Gasteiger partial charge in [-0.2, -0.15) is 13.2 Å². The van der Waals surface area contributed by atoms with E-state index in [2.05, 4.69) is 0 Å². The van der Waals surface area contributed by atoms with Crippen LogP contribution < -0.4 is 19.9 Å². The molecule has 0 aromatic heterocycles. The Kier molecular flexibility index (Phi) is 7.19. The van der Waals surface area contributed by atoms with Crippen molar-refractivity contribution in [2.45, 2.75) is 11.1 Å². The Labute approximate surface area is 181 Å². The zero-order valence-electron chi connectivity index (χ0n) is 16.9. The molecule has 3 rings (SSSR count). The smallest absolute Gasteiger partial charge is 0.416 e. The van der Waals surface area contributed by atoms with Gasteiger partial charge in [-0.05, 0) is 48.3 Å². The lowest BCUT2D eigenvalue weighted by Crippen LogP contribution is -2.43. The zero-order valence-corrected chi connectivity index (χ0v) is 17.7. The van der Waals surface area contributed by atoms with Gasteiger partial charge in [-0.1, -0.05) is 0 Å². The number of anilines is 1. The number of benzene rings is 2. The summed E-state index contributed by atoms with van der Waals surface area (Å²) in [6, 6.07) is 8.50. The number of nitrogens with one attached hydrogen (secondary N) is 1. The molecule has 1 aliphatic rings. The summed E-state index contributed by atoms with van der Waals surface area (Å²) in [7, 11) is 2.86. The Hall–Kier alpha value is -2.63. The van der Waals surface area contributed by atoms with Gasteiger partial charge in [0.1, 0.15) is 5.56 Å². The van der Waals surface area contributed by atoms with E-state index < -0.39 is 17.6 Å². The Morgan fingerprint density at radius 1 is 1.03 bits per heavy atom. The van der Waals surface area contributed by atoms with Crippen LogP contribution >= 0.6 is 11.9 Å².